The molecule has 0 aliphatic carbocycles. The van der Waals surface area contributed by atoms with Crippen molar-refractivity contribution in [2.45, 2.75) is 6.04 Å². The van der Waals surface area contributed by atoms with E-state index in [2.05, 4.69) is 25.4 Å². The van der Waals surface area contributed by atoms with Crippen molar-refractivity contribution < 1.29 is 13.9 Å². The predicted molar refractivity (Wildman–Crippen MR) is 122 cm³/mol. The zero-order chi connectivity index (χ0) is 24.2. The second-order valence-electron chi connectivity index (χ2n) is 7.08. The number of hydrogen-bond donors (Lipinski definition) is 4. The summed E-state index contributed by atoms with van der Waals surface area (Å²) in [4.78, 5) is 23.4. The Morgan fingerprint density at radius 1 is 1.18 bits per heavy atom. The number of nitrogens with two attached hydrogens (primary N) is 1. The molecule has 12 heteroatoms. The van der Waals surface area contributed by atoms with Crippen molar-refractivity contribution in [2.24, 2.45) is 5.73 Å². The normalized spacial score (nSPS) is 11.6. The van der Waals surface area contributed by atoms with E-state index in [1.54, 1.807) is 36.4 Å². The molecule has 4 rings (SSSR count). The van der Waals surface area contributed by atoms with Crippen molar-refractivity contribution >= 4 is 11.5 Å². The van der Waals surface area contributed by atoms with Crippen LogP contribution in [0.2, 0.25) is 0 Å². The summed E-state index contributed by atoms with van der Waals surface area (Å²) in [6, 6.07) is 10.4. The third kappa shape index (κ3) is 4.41. The van der Waals surface area contributed by atoms with E-state index in [0.29, 0.717) is 16.8 Å². The monoisotopic (exact) mass is 464 g/mol. The maximum Gasteiger partial charge on any atom is 0.350 e. The number of aromatic nitrogens is 5. The minimum atomic E-state index is -0.810. The highest BCUT2D eigenvalue weighted by Crippen LogP contribution is 2.35. The summed E-state index contributed by atoms with van der Waals surface area (Å²) in [5, 5.41) is 15.1. The summed E-state index contributed by atoms with van der Waals surface area (Å²) in [7, 11) is 2.74. The molecule has 0 radical (unpaired) electrons. The zero-order valence-electron chi connectivity index (χ0n) is 18.2. The molecular weight excluding hydrogens is 443 g/mol. The lowest BCUT2D eigenvalue weighted by molar-refractivity contribution is 0.336. The van der Waals surface area contributed by atoms with Gasteiger partial charge < -0.3 is 20.5 Å². The van der Waals surface area contributed by atoms with Crippen LogP contribution in [-0.2, 0) is 0 Å². The smallest absolute Gasteiger partial charge is 0.350 e. The van der Waals surface area contributed by atoms with Crippen molar-refractivity contribution in [3.63, 3.8) is 0 Å². The van der Waals surface area contributed by atoms with Gasteiger partial charge >= 0.3 is 5.69 Å². The quantitative estimate of drug-likeness (QED) is 0.228. The molecule has 0 unspecified atom stereocenters. The first-order valence-corrected chi connectivity index (χ1v) is 10.00. The molecule has 34 heavy (non-hydrogen) atoms. The number of halogens is 1. The van der Waals surface area contributed by atoms with E-state index in [9.17, 15) is 9.18 Å². The fourth-order valence-electron chi connectivity index (χ4n) is 3.33. The molecule has 174 valence electrons. The Morgan fingerprint density at radius 2 is 1.88 bits per heavy atom. The standard InChI is InChI=1S/C22H21FN8O3/c1-33-16-11-13(10-15(23)18(16)34-2)17(28-14-6-4-12(5-7-14)19(24)25)20-29-22(32)31(30-20)21-26-8-3-9-27-21/h3-11,17,28H,1-2H3,(H3,24,25)(H,29,30,32)/t17-/m0/s1. The average molecular weight is 464 g/mol. The second-order valence-corrected chi connectivity index (χ2v) is 7.08. The Balaban J connectivity index is 1.82. The van der Waals surface area contributed by atoms with Crippen LogP contribution in [0.4, 0.5) is 10.1 Å². The Morgan fingerprint density at radius 3 is 2.50 bits per heavy atom. The van der Waals surface area contributed by atoms with Gasteiger partial charge in [0.15, 0.2) is 23.1 Å². The SMILES string of the molecule is COc1cc([C@H](Nc2ccc(C(=N)N)cc2)c2nn(-c3ncccn3)c(=O)[nH]2)cc(F)c1OC. The number of rotatable bonds is 8. The zero-order valence-corrected chi connectivity index (χ0v) is 18.2. The predicted octanol–water partition coefficient (Wildman–Crippen LogP) is 1.99. The van der Waals surface area contributed by atoms with Crippen molar-refractivity contribution in [3.05, 3.63) is 88.1 Å². The van der Waals surface area contributed by atoms with Crippen LogP contribution in [0, 0.1) is 11.2 Å². The van der Waals surface area contributed by atoms with Gasteiger partial charge in [-0.05, 0) is 48.0 Å². The number of H-pyrrole nitrogens is 1. The van der Waals surface area contributed by atoms with Gasteiger partial charge in [0.2, 0.25) is 0 Å². The van der Waals surface area contributed by atoms with Crippen LogP contribution in [0.1, 0.15) is 23.0 Å². The van der Waals surface area contributed by atoms with Gasteiger partial charge in [-0.25, -0.2) is 19.2 Å². The van der Waals surface area contributed by atoms with Gasteiger partial charge in [-0.3, -0.25) is 10.4 Å². The maximum absolute atomic E-state index is 14.8. The molecule has 0 spiro atoms. The molecule has 0 bridgehead atoms. The van der Waals surface area contributed by atoms with Crippen molar-refractivity contribution in [1.29, 1.82) is 5.41 Å². The Hall–Kier alpha value is -4.74. The van der Waals surface area contributed by atoms with Crippen LogP contribution in [-0.4, -0.2) is 44.8 Å². The number of methoxy groups -OCH3 is 2. The highest BCUT2D eigenvalue weighted by Gasteiger charge is 2.24. The third-order valence-electron chi connectivity index (χ3n) is 4.95. The Labute approximate surface area is 192 Å². The molecule has 1 atom stereocenters. The molecule has 4 aromatic rings. The maximum atomic E-state index is 14.8. The van der Waals surface area contributed by atoms with Gasteiger partial charge in [0.05, 0.1) is 14.2 Å². The summed E-state index contributed by atoms with van der Waals surface area (Å²) in [6.45, 7) is 0. The van der Waals surface area contributed by atoms with E-state index in [1.165, 1.54) is 32.7 Å². The van der Waals surface area contributed by atoms with Crippen molar-refractivity contribution in [3.8, 4) is 17.4 Å². The summed E-state index contributed by atoms with van der Waals surface area (Å²) in [5.41, 5.74) is 6.51. The molecule has 2 heterocycles. The molecule has 0 amide bonds. The van der Waals surface area contributed by atoms with Crippen LogP contribution in [0.25, 0.3) is 5.95 Å². The van der Waals surface area contributed by atoms with E-state index in [4.69, 9.17) is 20.6 Å². The third-order valence-corrected chi connectivity index (χ3v) is 4.95. The number of hydrogen-bond acceptors (Lipinski definition) is 8. The largest absolute Gasteiger partial charge is 0.493 e. The fraction of sp³-hybridized carbons (Fsp3) is 0.136. The van der Waals surface area contributed by atoms with Gasteiger partial charge in [0.25, 0.3) is 5.95 Å². The number of aromatic amines is 1. The lowest BCUT2D eigenvalue weighted by Gasteiger charge is -2.20. The first-order valence-electron chi connectivity index (χ1n) is 10.00. The number of nitrogens with zero attached hydrogens (tertiary/aromatic N) is 4. The first kappa shape index (κ1) is 22.5. The number of benzene rings is 2. The first-order chi connectivity index (χ1) is 16.4. The van der Waals surface area contributed by atoms with Crippen LogP contribution in [0.5, 0.6) is 11.5 Å². The van der Waals surface area contributed by atoms with E-state index in [1.807, 2.05) is 0 Å². The minimum Gasteiger partial charge on any atom is -0.493 e. The van der Waals surface area contributed by atoms with Crippen molar-refractivity contribution in [2.75, 3.05) is 19.5 Å². The average Bonchev–Trinajstić information content (AvgIpc) is 3.23. The topological polar surface area (TPSA) is 157 Å². The van der Waals surface area contributed by atoms with Crippen LogP contribution in [0.3, 0.4) is 0 Å². The molecule has 0 fully saturated rings. The van der Waals surface area contributed by atoms with Gasteiger partial charge in [-0.15, -0.1) is 9.78 Å². The highest BCUT2D eigenvalue weighted by molar-refractivity contribution is 5.95. The number of nitrogen functional groups attached to an aromatic ring is 1. The summed E-state index contributed by atoms with van der Waals surface area (Å²) in [5.74, 6) is -0.338. The Bertz CT molecular complexity index is 1370. The molecular formula is C22H21FN8O3. The van der Waals surface area contributed by atoms with Crippen LogP contribution < -0.4 is 26.2 Å². The fourth-order valence-corrected chi connectivity index (χ4v) is 3.33. The van der Waals surface area contributed by atoms with E-state index >= 15 is 0 Å². The second kappa shape index (κ2) is 9.40. The van der Waals surface area contributed by atoms with Crippen LogP contribution >= 0.6 is 0 Å². The molecule has 0 saturated carbocycles. The molecule has 2 aromatic heterocycles. The van der Waals surface area contributed by atoms with E-state index < -0.39 is 17.5 Å². The summed E-state index contributed by atoms with van der Waals surface area (Å²) in [6.07, 6.45) is 2.97. The lowest BCUT2D eigenvalue weighted by Crippen LogP contribution is -2.18. The van der Waals surface area contributed by atoms with Crippen molar-refractivity contribution in [1.82, 2.24) is 24.7 Å². The number of ether oxygens (including phenoxy) is 2. The van der Waals surface area contributed by atoms with Gasteiger partial charge in [0, 0.05) is 23.6 Å². The number of nitrogens with one attached hydrogen (secondary N) is 3. The number of anilines is 1. The molecule has 0 saturated heterocycles. The minimum absolute atomic E-state index is 0.0486. The summed E-state index contributed by atoms with van der Waals surface area (Å²) < 4.78 is 26.2. The van der Waals surface area contributed by atoms with Gasteiger partial charge in [-0.2, -0.15) is 0 Å². The molecule has 11 nitrogen and oxygen atoms in total. The van der Waals surface area contributed by atoms with E-state index in [0.717, 1.165) is 4.68 Å². The molecule has 5 N–H and O–H groups in total. The van der Waals surface area contributed by atoms with E-state index in [-0.39, 0.29) is 29.1 Å². The molecule has 0 aliphatic rings. The van der Waals surface area contributed by atoms with Gasteiger partial charge in [0.1, 0.15) is 11.9 Å². The Kier molecular flexibility index (Phi) is 6.21. The van der Waals surface area contributed by atoms with Gasteiger partial charge in [-0.1, -0.05) is 0 Å². The highest BCUT2D eigenvalue weighted by atomic mass is 19.1. The number of amidine groups is 1. The van der Waals surface area contributed by atoms with Crippen LogP contribution in [0.15, 0.2) is 59.7 Å². The summed E-state index contributed by atoms with van der Waals surface area (Å²) >= 11 is 0. The lowest BCUT2D eigenvalue weighted by atomic mass is 10.0. The molecule has 0 aliphatic heterocycles. The molecule has 2 aromatic carbocycles.